The van der Waals surface area contributed by atoms with Crippen molar-refractivity contribution in [1.29, 1.82) is 0 Å². The molecule has 1 amide bonds. The third kappa shape index (κ3) is 4.29. The summed E-state index contributed by atoms with van der Waals surface area (Å²) < 4.78 is 0. The maximum Gasteiger partial charge on any atom is 0.273 e. The highest BCUT2D eigenvalue weighted by Crippen LogP contribution is 2.14. The number of rotatable bonds is 5. The van der Waals surface area contributed by atoms with Gasteiger partial charge in [-0.05, 0) is 19.5 Å². The lowest BCUT2D eigenvalue weighted by atomic mass is 9.93. The molecule has 0 spiro atoms. The van der Waals surface area contributed by atoms with Gasteiger partial charge in [0, 0.05) is 25.5 Å². The van der Waals surface area contributed by atoms with Gasteiger partial charge in [0.2, 0.25) is 0 Å². The molecule has 18 heavy (non-hydrogen) atoms. The van der Waals surface area contributed by atoms with E-state index in [9.17, 15) is 4.79 Å². The zero-order valence-electron chi connectivity index (χ0n) is 11.4. The van der Waals surface area contributed by atoms with Crippen LogP contribution in [-0.4, -0.2) is 48.0 Å². The Morgan fingerprint density at radius 3 is 2.56 bits per heavy atom. The van der Waals surface area contributed by atoms with Crippen molar-refractivity contribution in [3.63, 3.8) is 0 Å². The summed E-state index contributed by atoms with van der Waals surface area (Å²) in [5.74, 6) is -0.132. The molecule has 0 saturated carbocycles. The molecule has 0 atom stereocenters. The molecular formula is C12H21N5O. The van der Waals surface area contributed by atoms with E-state index in [1.807, 2.05) is 14.1 Å². The minimum atomic E-state index is -0.285. The summed E-state index contributed by atoms with van der Waals surface area (Å²) in [6, 6.07) is 0. The van der Waals surface area contributed by atoms with Crippen LogP contribution in [0.2, 0.25) is 0 Å². The molecule has 0 aromatic carbocycles. The predicted molar refractivity (Wildman–Crippen MR) is 71.1 cm³/mol. The molecule has 6 heteroatoms. The molecule has 0 fully saturated rings. The second-order valence-corrected chi connectivity index (χ2v) is 5.37. The second kappa shape index (κ2) is 5.77. The molecule has 0 unspecified atom stereocenters. The van der Waals surface area contributed by atoms with Crippen molar-refractivity contribution >= 4 is 11.7 Å². The van der Waals surface area contributed by atoms with Crippen LogP contribution in [0.15, 0.2) is 12.4 Å². The number of nitrogens with two attached hydrogens (primary N) is 1. The largest absolute Gasteiger partial charge is 0.382 e. The molecule has 1 aromatic heterocycles. The van der Waals surface area contributed by atoms with Crippen LogP contribution in [0.1, 0.15) is 24.3 Å². The Labute approximate surface area is 108 Å². The fourth-order valence-corrected chi connectivity index (χ4v) is 1.84. The first kappa shape index (κ1) is 14.4. The SMILES string of the molecule is CN(C)CC(C)(C)CNC(=O)c1nccnc1N. The van der Waals surface area contributed by atoms with Crippen molar-refractivity contribution in [2.24, 2.45) is 5.41 Å². The van der Waals surface area contributed by atoms with Crippen molar-refractivity contribution in [1.82, 2.24) is 20.2 Å². The van der Waals surface area contributed by atoms with Crippen LogP contribution in [0.4, 0.5) is 5.82 Å². The number of carbonyl (C=O) groups is 1. The highest BCUT2D eigenvalue weighted by atomic mass is 16.1. The van der Waals surface area contributed by atoms with Crippen LogP contribution in [0.25, 0.3) is 0 Å². The molecule has 6 nitrogen and oxygen atoms in total. The maximum atomic E-state index is 11.9. The predicted octanol–water partition coefficient (Wildman–Crippen LogP) is 0.376. The lowest BCUT2D eigenvalue weighted by Crippen LogP contribution is -2.40. The molecule has 0 radical (unpaired) electrons. The Morgan fingerprint density at radius 2 is 2.00 bits per heavy atom. The molecule has 0 bridgehead atoms. The summed E-state index contributed by atoms with van der Waals surface area (Å²) in [6.07, 6.45) is 2.92. The summed E-state index contributed by atoms with van der Waals surface area (Å²) in [4.78, 5) is 21.7. The first-order valence-electron chi connectivity index (χ1n) is 5.81. The van der Waals surface area contributed by atoms with E-state index in [1.54, 1.807) is 0 Å². The standard InChI is InChI=1S/C12H21N5O/c1-12(2,8-17(3)4)7-16-11(18)9-10(13)15-6-5-14-9/h5-6H,7-8H2,1-4H3,(H2,13,15)(H,16,18). The number of nitrogens with one attached hydrogen (secondary N) is 1. The van der Waals surface area contributed by atoms with Crippen LogP contribution in [-0.2, 0) is 0 Å². The van der Waals surface area contributed by atoms with E-state index in [2.05, 4.69) is 34.0 Å². The fraction of sp³-hybridized carbons (Fsp3) is 0.583. The number of hydrogen-bond acceptors (Lipinski definition) is 5. The summed E-state index contributed by atoms with van der Waals surface area (Å²) >= 11 is 0. The van der Waals surface area contributed by atoms with E-state index >= 15 is 0 Å². The third-order valence-corrected chi connectivity index (χ3v) is 2.41. The topological polar surface area (TPSA) is 84.1 Å². The summed E-state index contributed by atoms with van der Waals surface area (Å²) in [5.41, 5.74) is 5.76. The number of anilines is 1. The van der Waals surface area contributed by atoms with Gasteiger partial charge in [-0.25, -0.2) is 9.97 Å². The van der Waals surface area contributed by atoms with Gasteiger partial charge in [-0.3, -0.25) is 4.79 Å². The van der Waals surface area contributed by atoms with Crippen LogP contribution >= 0.6 is 0 Å². The lowest BCUT2D eigenvalue weighted by Gasteiger charge is -2.28. The number of amides is 1. The normalized spacial score (nSPS) is 11.6. The number of aromatic nitrogens is 2. The Kier molecular flexibility index (Phi) is 4.61. The Balaban J connectivity index is 2.59. The highest BCUT2D eigenvalue weighted by molar-refractivity contribution is 5.96. The first-order chi connectivity index (χ1) is 8.32. The molecule has 0 aliphatic rings. The van der Waals surface area contributed by atoms with Gasteiger partial charge in [-0.2, -0.15) is 0 Å². The van der Waals surface area contributed by atoms with E-state index in [-0.39, 0.29) is 22.8 Å². The molecule has 1 heterocycles. The summed E-state index contributed by atoms with van der Waals surface area (Å²) in [5, 5.41) is 2.84. The van der Waals surface area contributed by atoms with Crippen molar-refractivity contribution in [2.45, 2.75) is 13.8 Å². The van der Waals surface area contributed by atoms with Crippen LogP contribution < -0.4 is 11.1 Å². The molecule has 0 saturated heterocycles. The van der Waals surface area contributed by atoms with Crippen LogP contribution in [0.5, 0.6) is 0 Å². The van der Waals surface area contributed by atoms with Crippen molar-refractivity contribution in [3.8, 4) is 0 Å². The van der Waals surface area contributed by atoms with E-state index in [0.29, 0.717) is 6.54 Å². The fourth-order valence-electron chi connectivity index (χ4n) is 1.84. The van der Waals surface area contributed by atoms with Crippen molar-refractivity contribution in [3.05, 3.63) is 18.1 Å². The van der Waals surface area contributed by atoms with Crippen molar-refractivity contribution < 1.29 is 4.79 Å². The van der Waals surface area contributed by atoms with E-state index < -0.39 is 0 Å². The zero-order chi connectivity index (χ0) is 13.8. The zero-order valence-corrected chi connectivity index (χ0v) is 11.4. The van der Waals surface area contributed by atoms with Gasteiger partial charge >= 0.3 is 0 Å². The average Bonchev–Trinajstić information content (AvgIpc) is 2.25. The van der Waals surface area contributed by atoms with Crippen LogP contribution in [0, 0.1) is 5.41 Å². The Hall–Kier alpha value is -1.69. The van der Waals surface area contributed by atoms with Gasteiger partial charge in [0.1, 0.15) is 0 Å². The maximum absolute atomic E-state index is 11.9. The molecule has 0 aliphatic heterocycles. The quantitative estimate of drug-likeness (QED) is 0.790. The first-order valence-corrected chi connectivity index (χ1v) is 5.81. The molecular weight excluding hydrogens is 230 g/mol. The van der Waals surface area contributed by atoms with Crippen molar-refractivity contribution in [2.75, 3.05) is 32.9 Å². The highest BCUT2D eigenvalue weighted by Gasteiger charge is 2.21. The van der Waals surface area contributed by atoms with Gasteiger partial charge < -0.3 is 16.0 Å². The summed E-state index contributed by atoms with van der Waals surface area (Å²) in [7, 11) is 4.01. The van der Waals surface area contributed by atoms with Gasteiger partial charge in [0.05, 0.1) is 0 Å². The molecule has 1 aromatic rings. The molecule has 100 valence electrons. The number of nitrogens with zero attached hydrogens (tertiary/aromatic N) is 3. The minimum Gasteiger partial charge on any atom is -0.382 e. The Morgan fingerprint density at radius 1 is 1.39 bits per heavy atom. The van der Waals surface area contributed by atoms with E-state index in [4.69, 9.17) is 5.73 Å². The average molecular weight is 251 g/mol. The van der Waals surface area contributed by atoms with Gasteiger partial charge in [-0.1, -0.05) is 13.8 Å². The van der Waals surface area contributed by atoms with Crippen LogP contribution in [0.3, 0.4) is 0 Å². The van der Waals surface area contributed by atoms with Gasteiger partial charge in [0.15, 0.2) is 11.5 Å². The lowest BCUT2D eigenvalue weighted by molar-refractivity contribution is 0.0925. The monoisotopic (exact) mass is 251 g/mol. The number of carbonyl (C=O) groups excluding carboxylic acids is 1. The minimum absolute atomic E-state index is 0.0177. The van der Waals surface area contributed by atoms with E-state index in [0.717, 1.165) is 6.54 Å². The number of hydrogen-bond donors (Lipinski definition) is 2. The molecule has 3 N–H and O–H groups in total. The Bertz CT molecular complexity index is 417. The smallest absolute Gasteiger partial charge is 0.273 e. The van der Waals surface area contributed by atoms with Gasteiger partial charge in [-0.15, -0.1) is 0 Å². The van der Waals surface area contributed by atoms with Gasteiger partial charge in [0.25, 0.3) is 5.91 Å². The third-order valence-electron chi connectivity index (χ3n) is 2.41. The summed E-state index contributed by atoms with van der Waals surface area (Å²) in [6.45, 7) is 5.61. The number of nitrogen functional groups attached to an aromatic ring is 1. The molecule has 1 rings (SSSR count). The molecule has 0 aliphatic carbocycles. The second-order valence-electron chi connectivity index (χ2n) is 5.37. The van der Waals surface area contributed by atoms with E-state index in [1.165, 1.54) is 12.4 Å².